The molecule has 2 rings (SSSR count). The Kier molecular flexibility index (Phi) is 5.58. The van der Waals surface area contributed by atoms with Crippen molar-refractivity contribution in [1.82, 2.24) is 9.97 Å². The minimum Gasteiger partial charge on any atom is -0.491 e. The Morgan fingerprint density at radius 2 is 1.86 bits per heavy atom. The number of rotatable bonds is 6. The van der Waals surface area contributed by atoms with E-state index in [1.807, 2.05) is 13.0 Å². The summed E-state index contributed by atoms with van der Waals surface area (Å²) in [5, 5.41) is 0. The molecule has 1 aromatic carbocycles. The molecule has 0 amide bonds. The minimum absolute atomic E-state index is 0.0287. The van der Waals surface area contributed by atoms with Crippen LogP contribution in [-0.4, -0.2) is 16.6 Å². The zero-order chi connectivity index (χ0) is 15.9. The molecule has 0 saturated heterocycles. The second-order valence-electron chi connectivity index (χ2n) is 4.69. The summed E-state index contributed by atoms with van der Waals surface area (Å²) in [5.41, 5.74) is 0.981. The largest absolute Gasteiger partial charge is 0.491 e. The quantitative estimate of drug-likeness (QED) is 0.745. The minimum atomic E-state index is -1.01. The van der Waals surface area contributed by atoms with E-state index in [1.54, 1.807) is 19.3 Å². The maximum atomic E-state index is 14.1. The lowest BCUT2D eigenvalue weighted by Gasteiger charge is -2.08. The smallest absolute Gasteiger partial charge is 0.201 e. The number of hydrogen-bond donors (Lipinski definition) is 0. The van der Waals surface area contributed by atoms with E-state index in [-0.39, 0.29) is 23.7 Å². The SMILES string of the molecule is CC=CCCc1cnc(-c2ccc(OCC)c(F)c2F)nc1. The highest BCUT2D eigenvalue weighted by molar-refractivity contribution is 5.57. The summed E-state index contributed by atoms with van der Waals surface area (Å²) in [6.07, 6.45) is 9.01. The van der Waals surface area contributed by atoms with Gasteiger partial charge in [0.05, 0.1) is 12.2 Å². The first kappa shape index (κ1) is 16.1. The molecule has 0 N–H and O–H groups in total. The lowest BCUT2D eigenvalue weighted by atomic mass is 10.1. The van der Waals surface area contributed by atoms with Gasteiger partial charge < -0.3 is 4.74 Å². The molecule has 0 aliphatic rings. The number of halogens is 2. The van der Waals surface area contributed by atoms with E-state index >= 15 is 0 Å². The van der Waals surface area contributed by atoms with Crippen LogP contribution in [0.15, 0.2) is 36.7 Å². The molecule has 0 aliphatic carbocycles. The summed E-state index contributed by atoms with van der Waals surface area (Å²) < 4.78 is 33.0. The van der Waals surface area contributed by atoms with Crippen molar-refractivity contribution in [3.8, 4) is 17.1 Å². The number of aromatic nitrogens is 2. The average Bonchev–Trinajstić information content (AvgIpc) is 2.53. The molecule has 3 nitrogen and oxygen atoms in total. The number of nitrogens with zero attached hydrogens (tertiary/aromatic N) is 2. The number of ether oxygens (including phenoxy) is 1. The van der Waals surface area contributed by atoms with E-state index in [0.717, 1.165) is 18.4 Å². The first-order chi connectivity index (χ1) is 10.7. The molecule has 0 radical (unpaired) electrons. The normalized spacial score (nSPS) is 11.1. The zero-order valence-corrected chi connectivity index (χ0v) is 12.6. The Morgan fingerprint density at radius 1 is 1.14 bits per heavy atom. The molecule has 0 atom stereocenters. The number of hydrogen-bond acceptors (Lipinski definition) is 3. The van der Waals surface area contributed by atoms with Crippen molar-refractivity contribution in [3.63, 3.8) is 0 Å². The fourth-order valence-corrected chi connectivity index (χ4v) is 2.01. The Bertz CT molecular complexity index is 654. The summed E-state index contributed by atoms with van der Waals surface area (Å²) in [7, 11) is 0. The Morgan fingerprint density at radius 3 is 2.50 bits per heavy atom. The van der Waals surface area contributed by atoms with Gasteiger partial charge in [-0.3, -0.25) is 0 Å². The second kappa shape index (κ2) is 7.64. The van der Waals surface area contributed by atoms with Gasteiger partial charge in [-0.15, -0.1) is 0 Å². The van der Waals surface area contributed by atoms with Crippen molar-refractivity contribution < 1.29 is 13.5 Å². The predicted octanol–water partition coefficient (Wildman–Crippen LogP) is 4.33. The molecule has 0 fully saturated rings. The summed E-state index contributed by atoms with van der Waals surface area (Å²) in [4.78, 5) is 8.25. The maximum Gasteiger partial charge on any atom is 0.201 e. The van der Waals surface area contributed by atoms with Gasteiger partial charge >= 0.3 is 0 Å². The molecule has 2 aromatic rings. The van der Waals surface area contributed by atoms with Crippen LogP contribution in [0.2, 0.25) is 0 Å². The van der Waals surface area contributed by atoms with Gasteiger partial charge in [0.2, 0.25) is 5.82 Å². The van der Waals surface area contributed by atoms with E-state index in [2.05, 4.69) is 16.0 Å². The Hall–Kier alpha value is -2.30. The Balaban J connectivity index is 2.23. The van der Waals surface area contributed by atoms with Crippen LogP contribution in [-0.2, 0) is 6.42 Å². The molecule has 0 spiro atoms. The number of benzene rings is 1. The fourth-order valence-electron chi connectivity index (χ4n) is 2.01. The highest BCUT2D eigenvalue weighted by Gasteiger charge is 2.17. The maximum absolute atomic E-state index is 14.1. The van der Waals surface area contributed by atoms with Crippen LogP contribution in [0.25, 0.3) is 11.4 Å². The van der Waals surface area contributed by atoms with Crippen molar-refractivity contribution in [2.24, 2.45) is 0 Å². The fraction of sp³-hybridized carbons (Fsp3) is 0.294. The van der Waals surface area contributed by atoms with E-state index in [1.165, 1.54) is 12.1 Å². The van der Waals surface area contributed by atoms with Gasteiger partial charge in [-0.2, -0.15) is 4.39 Å². The Labute approximate surface area is 128 Å². The van der Waals surface area contributed by atoms with Crippen LogP contribution in [0.1, 0.15) is 25.8 Å². The molecule has 1 aromatic heterocycles. The molecular formula is C17H18F2N2O. The van der Waals surface area contributed by atoms with Crippen molar-refractivity contribution in [2.75, 3.05) is 6.61 Å². The molecule has 0 unspecified atom stereocenters. The van der Waals surface area contributed by atoms with Gasteiger partial charge in [-0.25, -0.2) is 14.4 Å². The molecule has 116 valence electrons. The number of allylic oxidation sites excluding steroid dienone is 2. The van der Waals surface area contributed by atoms with Crippen LogP contribution in [0.5, 0.6) is 5.75 Å². The zero-order valence-electron chi connectivity index (χ0n) is 12.6. The van der Waals surface area contributed by atoms with E-state index < -0.39 is 11.6 Å². The van der Waals surface area contributed by atoms with E-state index in [4.69, 9.17) is 4.74 Å². The van der Waals surface area contributed by atoms with Gasteiger partial charge in [-0.1, -0.05) is 12.2 Å². The lowest BCUT2D eigenvalue weighted by Crippen LogP contribution is -2.00. The summed E-state index contributed by atoms with van der Waals surface area (Å²) >= 11 is 0. The van der Waals surface area contributed by atoms with Gasteiger partial charge in [0.1, 0.15) is 0 Å². The third kappa shape index (κ3) is 3.67. The molecule has 22 heavy (non-hydrogen) atoms. The summed E-state index contributed by atoms with van der Waals surface area (Å²) in [6.45, 7) is 3.94. The van der Waals surface area contributed by atoms with Crippen LogP contribution < -0.4 is 4.74 Å². The van der Waals surface area contributed by atoms with E-state index in [0.29, 0.717) is 0 Å². The molecule has 5 heteroatoms. The molecule has 0 saturated carbocycles. The first-order valence-corrected chi connectivity index (χ1v) is 7.20. The lowest BCUT2D eigenvalue weighted by molar-refractivity contribution is 0.314. The highest BCUT2D eigenvalue weighted by atomic mass is 19.2. The van der Waals surface area contributed by atoms with E-state index in [9.17, 15) is 8.78 Å². The predicted molar refractivity (Wildman–Crippen MR) is 81.7 cm³/mol. The third-order valence-corrected chi connectivity index (χ3v) is 3.13. The number of aryl methyl sites for hydroxylation is 1. The van der Waals surface area contributed by atoms with Gasteiger partial charge in [0.15, 0.2) is 17.4 Å². The summed E-state index contributed by atoms with van der Waals surface area (Å²) in [6, 6.07) is 2.82. The molecule has 0 bridgehead atoms. The van der Waals surface area contributed by atoms with Crippen LogP contribution in [0.4, 0.5) is 8.78 Å². The van der Waals surface area contributed by atoms with Crippen LogP contribution in [0, 0.1) is 11.6 Å². The third-order valence-electron chi connectivity index (χ3n) is 3.13. The summed E-state index contributed by atoms with van der Waals surface area (Å²) in [5.74, 6) is -1.95. The monoisotopic (exact) mass is 304 g/mol. The van der Waals surface area contributed by atoms with Crippen LogP contribution >= 0.6 is 0 Å². The van der Waals surface area contributed by atoms with Crippen molar-refractivity contribution in [1.29, 1.82) is 0 Å². The van der Waals surface area contributed by atoms with Crippen molar-refractivity contribution >= 4 is 0 Å². The van der Waals surface area contributed by atoms with Gasteiger partial charge in [0.25, 0.3) is 0 Å². The van der Waals surface area contributed by atoms with Crippen molar-refractivity contribution in [3.05, 3.63) is 53.9 Å². The first-order valence-electron chi connectivity index (χ1n) is 7.20. The van der Waals surface area contributed by atoms with Gasteiger partial charge in [0, 0.05) is 12.4 Å². The molecule has 1 heterocycles. The molecule has 0 aliphatic heterocycles. The van der Waals surface area contributed by atoms with Crippen molar-refractivity contribution in [2.45, 2.75) is 26.7 Å². The topological polar surface area (TPSA) is 35.0 Å². The highest BCUT2D eigenvalue weighted by Crippen LogP contribution is 2.27. The molecular weight excluding hydrogens is 286 g/mol. The second-order valence-corrected chi connectivity index (χ2v) is 4.69. The average molecular weight is 304 g/mol. The van der Waals surface area contributed by atoms with Gasteiger partial charge in [-0.05, 0) is 44.4 Å². The van der Waals surface area contributed by atoms with Crippen LogP contribution in [0.3, 0.4) is 0 Å². The standard InChI is InChI=1S/C17H18F2N2O/c1-3-5-6-7-12-10-20-17(21-11-12)13-8-9-14(22-4-2)16(19)15(13)18/h3,5,8-11H,4,6-7H2,1-2H3.